The minimum absolute atomic E-state index is 0.195. The molecule has 3 rings (SSSR count). The molecule has 2 aliphatic carbocycles. The van der Waals surface area contributed by atoms with Gasteiger partial charge in [0.1, 0.15) is 0 Å². The molecule has 0 aromatic heterocycles. The van der Waals surface area contributed by atoms with Crippen molar-refractivity contribution in [3.05, 3.63) is 34.9 Å². The third-order valence-corrected chi connectivity index (χ3v) is 3.19. The van der Waals surface area contributed by atoms with Crippen molar-refractivity contribution in [2.24, 2.45) is 0 Å². The third kappa shape index (κ3) is 0.939. The van der Waals surface area contributed by atoms with E-state index in [1.54, 1.807) is 0 Å². The summed E-state index contributed by atoms with van der Waals surface area (Å²) in [6.45, 7) is 2.28. The zero-order chi connectivity index (χ0) is 9.71. The summed E-state index contributed by atoms with van der Waals surface area (Å²) < 4.78 is 4.96. The van der Waals surface area contributed by atoms with Gasteiger partial charge in [0, 0.05) is 0 Å². The quantitative estimate of drug-likeness (QED) is 0.666. The van der Waals surface area contributed by atoms with Gasteiger partial charge in [0.2, 0.25) is 0 Å². The molecule has 1 saturated carbocycles. The molecule has 1 fully saturated rings. The van der Waals surface area contributed by atoms with Gasteiger partial charge in [0.15, 0.2) is 0 Å². The van der Waals surface area contributed by atoms with Crippen LogP contribution in [-0.4, -0.2) is 12.6 Å². The van der Waals surface area contributed by atoms with Gasteiger partial charge < -0.3 is 4.74 Å². The van der Waals surface area contributed by atoms with E-state index in [2.05, 4.69) is 6.07 Å². The van der Waals surface area contributed by atoms with Crippen LogP contribution in [0.4, 0.5) is 0 Å². The van der Waals surface area contributed by atoms with Crippen molar-refractivity contribution >= 4 is 5.97 Å². The number of rotatable bonds is 2. The lowest BCUT2D eigenvalue weighted by molar-refractivity contribution is 0.0526. The van der Waals surface area contributed by atoms with Crippen molar-refractivity contribution in [1.29, 1.82) is 0 Å². The van der Waals surface area contributed by atoms with E-state index in [-0.39, 0.29) is 5.97 Å². The molecule has 0 saturated heterocycles. The van der Waals surface area contributed by atoms with E-state index in [4.69, 9.17) is 4.74 Å². The Balaban J connectivity index is 1.90. The second-order valence-corrected chi connectivity index (χ2v) is 4.01. The molecule has 0 aliphatic heterocycles. The molecule has 0 radical (unpaired) electrons. The first kappa shape index (κ1) is 8.04. The first-order valence-electron chi connectivity index (χ1n) is 5.12. The molecular weight excluding hydrogens is 176 g/mol. The van der Waals surface area contributed by atoms with Gasteiger partial charge >= 0.3 is 5.97 Å². The van der Waals surface area contributed by atoms with E-state index in [9.17, 15) is 4.79 Å². The Morgan fingerprint density at radius 3 is 3.00 bits per heavy atom. The highest BCUT2D eigenvalue weighted by Crippen LogP contribution is 2.65. The van der Waals surface area contributed by atoms with Gasteiger partial charge in [-0.15, -0.1) is 0 Å². The van der Waals surface area contributed by atoms with Crippen molar-refractivity contribution in [1.82, 2.24) is 0 Å². The molecule has 14 heavy (non-hydrogen) atoms. The Morgan fingerprint density at radius 1 is 1.43 bits per heavy atom. The number of benzene rings is 1. The molecule has 2 atom stereocenters. The molecular formula is C12H12O2. The fourth-order valence-corrected chi connectivity index (χ4v) is 2.36. The summed E-state index contributed by atoms with van der Waals surface area (Å²) in [7, 11) is 0. The minimum atomic E-state index is -0.195. The fourth-order valence-electron chi connectivity index (χ4n) is 2.36. The van der Waals surface area contributed by atoms with E-state index >= 15 is 0 Å². The number of hydrogen-bond acceptors (Lipinski definition) is 2. The van der Waals surface area contributed by atoms with Gasteiger partial charge in [-0.2, -0.15) is 0 Å². The van der Waals surface area contributed by atoms with Crippen LogP contribution in [-0.2, 0) is 4.74 Å². The maximum atomic E-state index is 11.4. The van der Waals surface area contributed by atoms with E-state index in [0.717, 1.165) is 11.8 Å². The predicted molar refractivity (Wildman–Crippen MR) is 52.5 cm³/mol. The second-order valence-electron chi connectivity index (χ2n) is 4.01. The summed E-state index contributed by atoms with van der Waals surface area (Å²) in [6, 6.07) is 5.96. The molecule has 2 nitrogen and oxygen atoms in total. The van der Waals surface area contributed by atoms with Crippen LogP contribution in [0.5, 0.6) is 0 Å². The van der Waals surface area contributed by atoms with Crippen LogP contribution in [0.25, 0.3) is 0 Å². The van der Waals surface area contributed by atoms with E-state index in [1.165, 1.54) is 17.5 Å². The van der Waals surface area contributed by atoms with Gasteiger partial charge in [-0.05, 0) is 48.4 Å². The smallest absolute Gasteiger partial charge is 0.338 e. The van der Waals surface area contributed by atoms with Gasteiger partial charge in [0.05, 0.1) is 12.2 Å². The molecule has 2 unspecified atom stereocenters. The molecule has 1 aromatic rings. The topological polar surface area (TPSA) is 26.3 Å². The molecule has 2 aliphatic rings. The Hall–Kier alpha value is -1.31. The molecule has 0 N–H and O–H groups in total. The first-order valence-corrected chi connectivity index (χ1v) is 5.12. The molecule has 1 aromatic carbocycles. The monoisotopic (exact) mass is 188 g/mol. The van der Waals surface area contributed by atoms with Crippen molar-refractivity contribution in [2.45, 2.75) is 25.2 Å². The third-order valence-electron chi connectivity index (χ3n) is 3.19. The van der Waals surface area contributed by atoms with Crippen molar-refractivity contribution < 1.29 is 9.53 Å². The van der Waals surface area contributed by atoms with E-state index in [1.807, 2.05) is 19.1 Å². The van der Waals surface area contributed by atoms with Gasteiger partial charge in [-0.25, -0.2) is 4.79 Å². The zero-order valence-corrected chi connectivity index (χ0v) is 8.12. The zero-order valence-electron chi connectivity index (χ0n) is 8.12. The van der Waals surface area contributed by atoms with Crippen molar-refractivity contribution in [3.8, 4) is 0 Å². The SMILES string of the molecule is CCOC(=O)c1ccc2c(c1)C1CC21. The van der Waals surface area contributed by atoms with Crippen LogP contribution < -0.4 is 0 Å². The van der Waals surface area contributed by atoms with Crippen LogP contribution >= 0.6 is 0 Å². The average Bonchev–Trinajstić information content (AvgIpc) is 2.89. The summed E-state index contributed by atoms with van der Waals surface area (Å²) in [5.41, 5.74) is 3.53. The summed E-state index contributed by atoms with van der Waals surface area (Å²) in [5.74, 6) is 1.39. The van der Waals surface area contributed by atoms with Gasteiger partial charge in [-0.1, -0.05) is 6.07 Å². The van der Waals surface area contributed by atoms with Crippen LogP contribution in [0.1, 0.15) is 46.7 Å². The Bertz CT molecular complexity index is 409. The Morgan fingerprint density at radius 2 is 2.21 bits per heavy atom. The predicted octanol–water partition coefficient (Wildman–Crippen LogP) is 2.45. The fraction of sp³-hybridized carbons (Fsp3) is 0.417. The normalized spacial score (nSPS) is 25.8. The van der Waals surface area contributed by atoms with Crippen LogP contribution in [0.3, 0.4) is 0 Å². The highest BCUT2D eigenvalue weighted by molar-refractivity contribution is 5.90. The standard InChI is InChI=1S/C12H12O2/c1-2-14-12(13)7-3-4-8-9(5-7)11-6-10(8)11/h3-5,10-11H,2,6H2,1H3. The van der Waals surface area contributed by atoms with Gasteiger partial charge in [0.25, 0.3) is 0 Å². The summed E-state index contributed by atoms with van der Waals surface area (Å²) in [5, 5.41) is 0. The minimum Gasteiger partial charge on any atom is -0.462 e. The number of carbonyl (C=O) groups is 1. The number of carbonyl (C=O) groups excluding carboxylic acids is 1. The lowest BCUT2D eigenvalue weighted by Crippen LogP contribution is -2.08. The van der Waals surface area contributed by atoms with Gasteiger partial charge in [-0.3, -0.25) is 0 Å². The highest BCUT2D eigenvalue weighted by atomic mass is 16.5. The Labute approximate surface area is 82.9 Å². The Kier molecular flexibility index (Phi) is 1.49. The number of hydrogen-bond donors (Lipinski definition) is 0. The lowest BCUT2D eigenvalue weighted by Gasteiger charge is -2.18. The largest absolute Gasteiger partial charge is 0.462 e. The average molecular weight is 188 g/mol. The van der Waals surface area contributed by atoms with Crippen LogP contribution in [0, 0.1) is 0 Å². The molecule has 2 heteroatoms. The number of ether oxygens (including phenoxy) is 1. The molecule has 0 amide bonds. The molecule has 0 spiro atoms. The molecule has 0 bridgehead atoms. The summed E-state index contributed by atoms with van der Waals surface area (Å²) in [6.07, 6.45) is 1.29. The first-order chi connectivity index (χ1) is 6.81. The number of fused-ring (bicyclic) bond motifs is 4. The van der Waals surface area contributed by atoms with Crippen molar-refractivity contribution in [2.75, 3.05) is 6.61 Å². The number of esters is 1. The summed E-state index contributed by atoms with van der Waals surface area (Å²) in [4.78, 5) is 11.4. The molecule has 0 heterocycles. The highest BCUT2D eigenvalue weighted by Gasteiger charge is 2.50. The maximum Gasteiger partial charge on any atom is 0.338 e. The maximum absolute atomic E-state index is 11.4. The van der Waals surface area contributed by atoms with Crippen molar-refractivity contribution in [3.63, 3.8) is 0 Å². The lowest BCUT2D eigenvalue weighted by atomic mass is 9.87. The second kappa shape index (κ2) is 2.59. The van der Waals surface area contributed by atoms with Crippen LogP contribution in [0.2, 0.25) is 0 Å². The van der Waals surface area contributed by atoms with E-state index in [0.29, 0.717) is 12.2 Å². The summed E-state index contributed by atoms with van der Waals surface area (Å²) >= 11 is 0. The molecule has 72 valence electrons. The van der Waals surface area contributed by atoms with Crippen LogP contribution in [0.15, 0.2) is 18.2 Å². The van der Waals surface area contributed by atoms with E-state index < -0.39 is 0 Å².